The number of likely N-dealkylation sites (N-methyl/N-ethyl adjacent to an activating group) is 1. The molecule has 0 aliphatic carbocycles. The molecule has 2 aromatic heterocycles. The van der Waals surface area contributed by atoms with Gasteiger partial charge in [-0.3, -0.25) is 4.98 Å². The van der Waals surface area contributed by atoms with Crippen LogP contribution in [0.4, 0.5) is 0 Å². The van der Waals surface area contributed by atoms with Gasteiger partial charge in [-0.1, -0.05) is 18.5 Å². The smallest absolute Gasteiger partial charge is 0.0946 e. The molecule has 0 spiro atoms. The summed E-state index contributed by atoms with van der Waals surface area (Å²) in [5.74, 6) is 0. The van der Waals surface area contributed by atoms with Crippen LogP contribution in [0.5, 0.6) is 0 Å². The molecule has 0 amide bonds. The minimum absolute atomic E-state index is 0.211. The van der Waals surface area contributed by atoms with Gasteiger partial charge >= 0.3 is 0 Å². The van der Waals surface area contributed by atoms with Crippen LogP contribution in [0.15, 0.2) is 31.0 Å². The zero-order chi connectivity index (χ0) is 13.0. The number of hydrogen-bond acceptors (Lipinski definition) is 3. The molecule has 2 rings (SSSR count). The lowest BCUT2D eigenvalue weighted by atomic mass is 10.0. The van der Waals surface area contributed by atoms with Crippen LogP contribution in [0.3, 0.4) is 0 Å². The highest BCUT2D eigenvalue weighted by atomic mass is 35.5. The molecule has 0 bridgehead atoms. The maximum Gasteiger partial charge on any atom is 0.0946 e. The van der Waals surface area contributed by atoms with Gasteiger partial charge in [0.1, 0.15) is 0 Å². The number of nitrogens with one attached hydrogen (secondary N) is 1. The van der Waals surface area contributed by atoms with Crippen molar-refractivity contribution in [2.75, 3.05) is 6.54 Å². The third kappa shape index (κ3) is 2.89. The molecular formula is C13H17ClN4. The molecule has 0 aliphatic rings. The molecule has 0 radical (unpaired) electrons. The summed E-state index contributed by atoms with van der Waals surface area (Å²) < 4.78 is 2.03. The predicted octanol–water partition coefficient (Wildman–Crippen LogP) is 2.36. The van der Waals surface area contributed by atoms with E-state index in [4.69, 9.17) is 11.6 Å². The largest absolute Gasteiger partial charge is 0.336 e. The van der Waals surface area contributed by atoms with Crippen molar-refractivity contribution in [3.8, 4) is 0 Å². The number of aromatic nitrogens is 3. The first-order valence-electron chi connectivity index (χ1n) is 6.00. The second-order valence-corrected chi connectivity index (χ2v) is 4.62. The molecule has 0 fully saturated rings. The Labute approximate surface area is 112 Å². The maximum absolute atomic E-state index is 6.16. The molecular weight excluding hydrogens is 248 g/mol. The number of pyridine rings is 1. The highest BCUT2D eigenvalue weighted by molar-refractivity contribution is 6.31. The summed E-state index contributed by atoms with van der Waals surface area (Å²) in [6.07, 6.45) is 7.99. The van der Waals surface area contributed by atoms with Crippen LogP contribution in [0.25, 0.3) is 0 Å². The lowest BCUT2D eigenvalue weighted by Gasteiger charge is -2.19. The van der Waals surface area contributed by atoms with Crippen molar-refractivity contribution < 1.29 is 0 Å². The predicted molar refractivity (Wildman–Crippen MR) is 72.6 cm³/mol. The topological polar surface area (TPSA) is 42.7 Å². The average molecular weight is 265 g/mol. The highest BCUT2D eigenvalue weighted by Gasteiger charge is 2.15. The fraction of sp³-hybridized carbons (Fsp3) is 0.385. The van der Waals surface area contributed by atoms with Crippen molar-refractivity contribution in [2.45, 2.75) is 19.4 Å². The first kappa shape index (κ1) is 13.1. The van der Waals surface area contributed by atoms with Gasteiger partial charge < -0.3 is 9.88 Å². The van der Waals surface area contributed by atoms with Gasteiger partial charge in [-0.05, 0) is 24.6 Å². The molecule has 1 atom stereocenters. The lowest BCUT2D eigenvalue weighted by Crippen LogP contribution is -2.25. The summed E-state index contributed by atoms with van der Waals surface area (Å²) in [5.41, 5.74) is 2.25. The number of aryl methyl sites for hydroxylation is 1. The van der Waals surface area contributed by atoms with E-state index in [2.05, 4.69) is 22.2 Å². The van der Waals surface area contributed by atoms with E-state index in [1.165, 1.54) is 0 Å². The van der Waals surface area contributed by atoms with Crippen LogP contribution >= 0.6 is 11.6 Å². The summed E-state index contributed by atoms with van der Waals surface area (Å²) in [4.78, 5) is 8.18. The van der Waals surface area contributed by atoms with E-state index in [-0.39, 0.29) is 6.04 Å². The summed E-state index contributed by atoms with van der Waals surface area (Å²) in [6.45, 7) is 3.00. The molecule has 4 nitrogen and oxygen atoms in total. The molecule has 2 aromatic rings. The van der Waals surface area contributed by atoms with Crippen molar-refractivity contribution in [2.24, 2.45) is 7.05 Å². The van der Waals surface area contributed by atoms with E-state index in [0.29, 0.717) is 5.02 Å². The standard InChI is InChI=1S/C13H17ClN4/c1-3-17-12(13-8-16-9-18(13)2)6-10-4-5-15-7-11(10)14/h4-5,7-9,12,17H,3,6H2,1-2H3. The molecule has 0 aromatic carbocycles. The number of nitrogens with zero attached hydrogens (tertiary/aromatic N) is 3. The van der Waals surface area contributed by atoms with Crippen LogP contribution in [0.2, 0.25) is 5.02 Å². The molecule has 0 saturated carbocycles. The second kappa shape index (κ2) is 5.98. The van der Waals surface area contributed by atoms with Crippen LogP contribution in [-0.2, 0) is 13.5 Å². The molecule has 2 heterocycles. The van der Waals surface area contributed by atoms with Gasteiger partial charge in [0.2, 0.25) is 0 Å². The van der Waals surface area contributed by atoms with E-state index in [9.17, 15) is 0 Å². The Hall–Kier alpha value is -1.39. The van der Waals surface area contributed by atoms with E-state index < -0.39 is 0 Å². The summed E-state index contributed by atoms with van der Waals surface area (Å²) in [5, 5.41) is 4.17. The van der Waals surface area contributed by atoms with Gasteiger partial charge in [0.15, 0.2) is 0 Å². The van der Waals surface area contributed by atoms with E-state index >= 15 is 0 Å². The second-order valence-electron chi connectivity index (χ2n) is 4.21. The Balaban J connectivity index is 2.22. The van der Waals surface area contributed by atoms with Crippen LogP contribution < -0.4 is 5.32 Å². The van der Waals surface area contributed by atoms with E-state index in [0.717, 1.165) is 24.2 Å². The van der Waals surface area contributed by atoms with E-state index in [1.54, 1.807) is 12.4 Å². The molecule has 0 aliphatic heterocycles. The van der Waals surface area contributed by atoms with Crippen LogP contribution in [0.1, 0.15) is 24.2 Å². The zero-order valence-electron chi connectivity index (χ0n) is 10.6. The third-order valence-corrected chi connectivity index (χ3v) is 3.28. The Morgan fingerprint density at radius 3 is 2.83 bits per heavy atom. The Kier molecular flexibility index (Phi) is 4.33. The van der Waals surface area contributed by atoms with Gasteiger partial charge in [-0.25, -0.2) is 4.98 Å². The number of hydrogen-bond donors (Lipinski definition) is 1. The van der Waals surface area contributed by atoms with Gasteiger partial charge in [-0.2, -0.15) is 0 Å². The first-order chi connectivity index (χ1) is 8.72. The summed E-state index contributed by atoms with van der Waals surface area (Å²) >= 11 is 6.16. The number of rotatable bonds is 5. The third-order valence-electron chi connectivity index (χ3n) is 2.94. The van der Waals surface area contributed by atoms with Crippen molar-refractivity contribution >= 4 is 11.6 Å². The van der Waals surface area contributed by atoms with E-state index in [1.807, 2.05) is 30.2 Å². The Morgan fingerprint density at radius 1 is 1.39 bits per heavy atom. The average Bonchev–Trinajstić information content (AvgIpc) is 2.78. The fourth-order valence-corrected chi connectivity index (χ4v) is 2.22. The van der Waals surface area contributed by atoms with Crippen molar-refractivity contribution in [1.82, 2.24) is 19.9 Å². The van der Waals surface area contributed by atoms with Crippen LogP contribution in [0, 0.1) is 0 Å². The quantitative estimate of drug-likeness (QED) is 0.902. The molecule has 18 heavy (non-hydrogen) atoms. The van der Waals surface area contributed by atoms with Crippen molar-refractivity contribution in [3.05, 3.63) is 47.3 Å². The summed E-state index contributed by atoms with van der Waals surface area (Å²) in [7, 11) is 2.00. The fourth-order valence-electron chi connectivity index (χ4n) is 2.02. The zero-order valence-corrected chi connectivity index (χ0v) is 11.4. The highest BCUT2D eigenvalue weighted by Crippen LogP contribution is 2.22. The minimum Gasteiger partial charge on any atom is -0.336 e. The molecule has 96 valence electrons. The number of imidazole rings is 1. The molecule has 1 N–H and O–H groups in total. The van der Waals surface area contributed by atoms with Gasteiger partial charge in [0.05, 0.1) is 23.1 Å². The van der Waals surface area contributed by atoms with Gasteiger partial charge in [0, 0.05) is 25.6 Å². The first-order valence-corrected chi connectivity index (χ1v) is 6.38. The van der Waals surface area contributed by atoms with Gasteiger partial charge in [-0.15, -0.1) is 0 Å². The normalized spacial score (nSPS) is 12.6. The molecule has 5 heteroatoms. The SMILES string of the molecule is CCNC(Cc1ccncc1Cl)c1cncn1C. The Morgan fingerprint density at radius 2 is 2.22 bits per heavy atom. The molecule has 0 saturated heterocycles. The minimum atomic E-state index is 0.211. The van der Waals surface area contributed by atoms with Gasteiger partial charge in [0.25, 0.3) is 0 Å². The summed E-state index contributed by atoms with van der Waals surface area (Å²) in [6, 6.07) is 2.17. The molecule has 1 unspecified atom stereocenters. The van der Waals surface area contributed by atoms with Crippen molar-refractivity contribution in [3.63, 3.8) is 0 Å². The monoisotopic (exact) mass is 264 g/mol. The van der Waals surface area contributed by atoms with Crippen LogP contribution in [-0.4, -0.2) is 21.1 Å². The van der Waals surface area contributed by atoms with Crippen molar-refractivity contribution in [1.29, 1.82) is 0 Å². The number of halogens is 1. The maximum atomic E-state index is 6.16. The lowest BCUT2D eigenvalue weighted by molar-refractivity contribution is 0.520. The Bertz CT molecular complexity index is 509.